The molecule has 2 amide bonds. The van der Waals surface area contributed by atoms with Crippen molar-refractivity contribution in [3.05, 3.63) is 71.7 Å². The summed E-state index contributed by atoms with van der Waals surface area (Å²) in [5.74, 6) is -2.36. The van der Waals surface area contributed by atoms with Crippen LogP contribution in [0.4, 0.5) is 4.39 Å². The molecule has 3 rings (SSSR count). The monoisotopic (exact) mass is 397 g/mol. The van der Waals surface area contributed by atoms with E-state index in [2.05, 4.69) is 15.6 Å². The fraction of sp³-hybridized carbons (Fsp3) is 0.190. The van der Waals surface area contributed by atoms with Gasteiger partial charge < -0.3 is 20.4 Å². The van der Waals surface area contributed by atoms with Gasteiger partial charge in [-0.1, -0.05) is 24.3 Å². The van der Waals surface area contributed by atoms with Crippen LogP contribution in [-0.4, -0.2) is 42.5 Å². The number of nitrogens with one attached hydrogen (secondary N) is 3. The van der Waals surface area contributed by atoms with Gasteiger partial charge in [0.1, 0.15) is 12.4 Å². The van der Waals surface area contributed by atoms with Gasteiger partial charge in [0.05, 0.1) is 0 Å². The molecule has 1 heterocycles. The van der Waals surface area contributed by atoms with Crippen molar-refractivity contribution in [2.75, 3.05) is 19.7 Å². The first-order valence-corrected chi connectivity index (χ1v) is 9.04. The zero-order valence-electron chi connectivity index (χ0n) is 15.5. The van der Waals surface area contributed by atoms with Crippen molar-refractivity contribution in [2.24, 2.45) is 0 Å². The van der Waals surface area contributed by atoms with Gasteiger partial charge in [0.25, 0.3) is 11.8 Å². The number of aromatic nitrogens is 1. The minimum Gasteiger partial charge on any atom is -0.454 e. The SMILES string of the molecule is O=C(COC(=O)CNC(=O)c1cccc(F)c1)NCCc1c[nH]c2ccccc12. The fourth-order valence-electron chi connectivity index (χ4n) is 2.81. The Labute approximate surface area is 166 Å². The van der Waals surface area contributed by atoms with Crippen LogP contribution in [0.15, 0.2) is 54.7 Å². The standard InChI is InChI=1S/C21H20FN3O4/c22-16-5-3-4-14(10-16)21(28)25-12-20(27)29-13-19(26)23-9-8-15-11-24-18-7-2-1-6-17(15)18/h1-7,10-11,24H,8-9,12-13H2,(H,23,26)(H,25,28). The van der Waals surface area contributed by atoms with Crippen molar-refractivity contribution >= 4 is 28.7 Å². The van der Waals surface area contributed by atoms with E-state index in [1.807, 2.05) is 30.5 Å². The Balaban J connectivity index is 1.34. The first-order chi connectivity index (χ1) is 14.0. The number of esters is 1. The molecule has 150 valence electrons. The molecular formula is C21H20FN3O4. The van der Waals surface area contributed by atoms with Gasteiger partial charge in [-0.2, -0.15) is 0 Å². The van der Waals surface area contributed by atoms with Gasteiger partial charge in [0.15, 0.2) is 6.61 Å². The Morgan fingerprint density at radius 3 is 2.69 bits per heavy atom. The molecule has 1 aromatic heterocycles. The lowest BCUT2D eigenvalue weighted by Crippen LogP contribution is -2.34. The number of H-pyrrole nitrogens is 1. The number of fused-ring (bicyclic) bond motifs is 1. The summed E-state index contributed by atoms with van der Waals surface area (Å²) in [5.41, 5.74) is 2.20. The first-order valence-electron chi connectivity index (χ1n) is 9.04. The Kier molecular flexibility index (Phi) is 6.57. The lowest BCUT2D eigenvalue weighted by molar-refractivity contribution is -0.147. The van der Waals surface area contributed by atoms with E-state index in [0.29, 0.717) is 13.0 Å². The van der Waals surface area contributed by atoms with Crippen LogP contribution >= 0.6 is 0 Å². The van der Waals surface area contributed by atoms with Crippen molar-refractivity contribution in [3.8, 4) is 0 Å². The molecule has 0 saturated heterocycles. The lowest BCUT2D eigenvalue weighted by atomic mass is 10.1. The van der Waals surface area contributed by atoms with E-state index < -0.39 is 36.8 Å². The van der Waals surface area contributed by atoms with Crippen LogP contribution in [0, 0.1) is 5.82 Å². The van der Waals surface area contributed by atoms with Crippen LogP contribution < -0.4 is 10.6 Å². The predicted octanol–water partition coefficient (Wildman–Crippen LogP) is 1.94. The number of halogens is 1. The van der Waals surface area contributed by atoms with E-state index in [9.17, 15) is 18.8 Å². The highest BCUT2D eigenvalue weighted by atomic mass is 19.1. The molecule has 3 N–H and O–H groups in total. The molecule has 7 nitrogen and oxygen atoms in total. The molecule has 0 fully saturated rings. The molecule has 0 aliphatic heterocycles. The Hall–Kier alpha value is -3.68. The number of benzene rings is 2. The van der Waals surface area contributed by atoms with E-state index in [4.69, 9.17) is 4.74 Å². The molecule has 8 heteroatoms. The minimum atomic E-state index is -0.762. The van der Waals surface area contributed by atoms with Crippen LogP contribution in [0.2, 0.25) is 0 Å². The van der Waals surface area contributed by atoms with Gasteiger partial charge in [-0.15, -0.1) is 0 Å². The van der Waals surface area contributed by atoms with Gasteiger partial charge in [0.2, 0.25) is 0 Å². The van der Waals surface area contributed by atoms with Gasteiger partial charge in [-0.3, -0.25) is 14.4 Å². The molecule has 29 heavy (non-hydrogen) atoms. The highest BCUT2D eigenvalue weighted by Crippen LogP contribution is 2.17. The number of aromatic amines is 1. The molecule has 0 bridgehead atoms. The van der Waals surface area contributed by atoms with Crippen molar-refractivity contribution in [3.63, 3.8) is 0 Å². The number of amides is 2. The molecule has 0 aliphatic carbocycles. The number of para-hydroxylation sites is 1. The number of ether oxygens (including phenoxy) is 1. The maximum absolute atomic E-state index is 13.1. The zero-order chi connectivity index (χ0) is 20.6. The topological polar surface area (TPSA) is 100 Å². The molecule has 0 aliphatic rings. The number of carbonyl (C=O) groups excluding carboxylic acids is 3. The van der Waals surface area contributed by atoms with Crippen molar-refractivity contribution in [1.82, 2.24) is 15.6 Å². The number of rotatable bonds is 8. The summed E-state index contributed by atoms with van der Waals surface area (Å²) in [6.07, 6.45) is 2.53. The smallest absolute Gasteiger partial charge is 0.325 e. The molecule has 0 radical (unpaired) electrons. The second kappa shape index (κ2) is 9.50. The Morgan fingerprint density at radius 1 is 1.03 bits per heavy atom. The highest BCUT2D eigenvalue weighted by molar-refractivity contribution is 5.96. The van der Waals surface area contributed by atoms with E-state index in [0.717, 1.165) is 22.5 Å². The molecule has 0 saturated carbocycles. The maximum atomic E-state index is 13.1. The minimum absolute atomic E-state index is 0.0906. The number of carbonyl (C=O) groups is 3. The summed E-state index contributed by atoms with van der Waals surface area (Å²) < 4.78 is 17.9. The molecule has 0 unspecified atom stereocenters. The Morgan fingerprint density at radius 2 is 1.86 bits per heavy atom. The van der Waals surface area contributed by atoms with E-state index >= 15 is 0 Å². The molecular weight excluding hydrogens is 377 g/mol. The average molecular weight is 397 g/mol. The first kappa shape index (κ1) is 20.1. The van der Waals surface area contributed by atoms with Gasteiger partial charge in [-0.05, 0) is 36.2 Å². The van der Waals surface area contributed by atoms with Gasteiger partial charge >= 0.3 is 5.97 Å². The Bertz CT molecular complexity index is 1030. The molecule has 0 atom stereocenters. The average Bonchev–Trinajstić information content (AvgIpc) is 3.13. The van der Waals surface area contributed by atoms with E-state index in [-0.39, 0.29) is 5.56 Å². The zero-order valence-corrected chi connectivity index (χ0v) is 15.5. The second-order valence-corrected chi connectivity index (χ2v) is 6.31. The van der Waals surface area contributed by atoms with Crippen LogP contribution in [-0.2, 0) is 20.7 Å². The van der Waals surface area contributed by atoms with Gasteiger partial charge in [-0.25, -0.2) is 4.39 Å². The van der Waals surface area contributed by atoms with E-state index in [1.54, 1.807) is 0 Å². The van der Waals surface area contributed by atoms with Crippen molar-refractivity contribution in [1.29, 1.82) is 0 Å². The summed E-state index contributed by atoms with van der Waals surface area (Å²) in [7, 11) is 0. The largest absolute Gasteiger partial charge is 0.454 e. The van der Waals surface area contributed by atoms with Crippen molar-refractivity contribution < 1.29 is 23.5 Å². The number of hydrogen-bond donors (Lipinski definition) is 3. The van der Waals surface area contributed by atoms with Crippen LogP contribution in [0.25, 0.3) is 10.9 Å². The van der Waals surface area contributed by atoms with Gasteiger partial charge in [0, 0.05) is 29.2 Å². The third kappa shape index (κ3) is 5.65. The highest BCUT2D eigenvalue weighted by Gasteiger charge is 2.11. The quantitative estimate of drug-likeness (QED) is 0.506. The third-order valence-corrected chi connectivity index (χ3v) is 4.24. The van der Waals surface area contributed by atoms with Crippen LogP contribution in [0.5, 0.6) is 0 Å². The molecule has 2 aromatic carbocycles. The van der Waals surface area contributed by atoms with Crippen LogP contribution in [0.1, 0.15) is 15.9 Å². The third-order valence-electron chi connectivity index (χ3n) is 4.24. The summed E-state index contributed by atoms with van der Waals surface area (Å²) in [6.45, 7) is -0.463. The van der Waals surface area contributed by atoms with Crippen LogP contribution in [0.3, 0.4) is 0 Å². The number of hydrogen-bond acceptors (Lipinski definition) is 4. The lowest BCUT2D eigenvalue weighted by Gasteiger charge is -2.07. The summed E-state index contributed by atoms with van der Waals surface area (Å²) >= 11 is 0. The summed E-state index contributed by atoms with van der Waals surface area (Å²) in [4.78, 5) is 38.5. The second-order valence-electron chi connectivity index (χ2n) is 6.31. The predicted molar refractivity (Wildman–Crippen MR) is 105 cm³/mol. The molecule has 0 spiro atoms. The summed E-state index contributed by atoms with van der Waals surface area (Å²) in [6, 6.07) is 13.0. The normalized spacial score (nSPS) is 10.5. The van der Waals surface area contributed by atoms with Crippen molar-refractivity contribution in [2.45, 2.75) is 6.42 Å². The molecule has 3 aromatic rings. The van der Waals surface area contributed by atoms with E-state index in [1.165, 1.54) is 18.2 Å². The summed E-state index contributed by atoms with van der Waals surface area (Å²) in [5, 5.41) is 6.09. The fourth-order valence-corrected chi connectivity index (χ4v) is 2.81. The maximum Gasteiger partial charge on any atom is 0.325 e.